The number of pyridine rings is 1. The molecule has 7 heteroatoms. The van der Waals surface area contributed by atoms with Crippen molar-refractivity contribution in [1.82, 2.24) is 9.88 Å². The quantitative estimate of drug-likeness (QED) is 0.668. The van der Waals surface area contributed by atoms with Crippen molar-refractivity contribution in [3.05, 3.63) is 58.6 Å². The lowest BCUT2D eigenvalue weighted by molar-refractivity contribution is 0.214. The molecule has 4 rings (SSSR count). The van der Waals surface area contributed by atoms with Gasteiger partial charge in [-0.05, 0) is 42.8 Å². The van der Waals surface area contributed by atoms with Crippen molar-refractivity contribution in [1.29, 1.82) is 0 Å². The number of halogens is 1. The molecule has 0 bridgehead atoms. The van der Waals surface area contributed by atoms with Gasteiger partial charge in [-0.1, -0.05) is 6.07 Å². The van der Waals surface area contributed by atoms with E-state index in [1.54, 1.807) is 30.7 Å². The molecule has 0 saturated carbocycles. The van der Waals surface area contributed by atoms with E-state index in [9.17, 15) is 5.11 Å². The summed E-state index contributed by atoms with van der Waals surface area (Å²) in [4.78, 5) is 8.97. The summed E-state index contributed by atoms with van der Waals surface area (Å²) in [6.45, 7) is 4.78. The smallest absolute Gasteiger partial charge is 0.217 e. The summed E-state index contributed by atoms with van der Waals surface area (Å²) in [7, 11) is 1.64. The van der Waals surface area contributed by atoms with Gasteiger partial charge >= 0.3 is 0 Å². The van der Waals surface area contributed by atoms with Gasteiger partial charge in [-0.3, -0.25) is 4.90 Å². The lowest BCUT2D eigenvalue weighted by Gasteiger charge is -2.20. The Morgan fingerprint density at radius 2 is 2.14 bits per heavy atom. The largest absolute Gasteiger partial charge is 0.504 e. The number of hydrogen-bond donors (Lipinski definition) is 1. The van der Waals surface area contributed by atoms with Crippen molar-refractivity contribution >= 4 is 23.7 Å². The second kappa shape index (κ2) is 8.82. The Labute approximate surface area is 175 Å². The topological polar surface area (TPSA) is 54.8 Å². The molecule has 3 heterocycles. The van der Waals surface area contributed by atoms with Crippen molar-refractivity contribution in [3.8, 4) is 27.8 Å². The predicted octanol–water partition coefficient (Wildman–Crippen LogP) is 4.65. The monoisotopic (exact) mass is 418 g/mol. The zero-order valence-electron chi connectivity index (χ0n) is 15.8. The summed E-state index contributed by atoms with van der Waals surface area (Å²) in [5.41, 5.74) is 3.06. The minimum atomic E-state index is 0. The highest BCUT2D eigenvalue weighted by Gasteiger charge is 2.21. The van der Waals surface area contributed by atoms with E-state index in [0.717, 1.165) is 28.1 Å². The highest BCUT2D eigenvalue weighted by molar-refractivity contribution is 7.15. The van der Waals surface area contributed by atoms with Crippen LogP contribution in [0.3, 0.4) is 0 Å². The lowest BCUT2D eigenvalue weighted by atomic mass is 10.1. The standard InChI is InChI=1S/C21H22N2O3S.ClH/c1-14-5-6-19(27-14)16-10-17-13-23(8-9-26-20(17)18(24)11-16)12-15-4-3-7-22-21(15)25-2;/h3-7,10-11,24H,8-9,12-13H2,1-2H3;1H. The average Bonchev–Trinajstić information content (AvgIpc) is 2.99. The first-order valence-corrected chi connectivity index (χ1v) is 9.71. The summed E-state index contributed by atoms with van der Waals surface area (Å²) in [6.07, 6.45) is 1.73. The molecular weight excluding hydrogens is 396 g/mol. The van der Waals surface area contributed by atoms with E-state index in [-0.39, 0.29) is 18.2 Å². The van der Waals surface area contributed by atoms with E-state index in [4.69, 9.17) is 9.47 Å². The molecule has 28 heavy (non-hydrogen) atoms. The molecule has 5 nitrogen and oxygen atoms in total. The van der Waals surface area contributed by atoms with Crippen LogP contribution in [0.15, 0.2) is 42.6 Å². The van der Waals surface area contributed by atoms with Crippen molar-refractivity contribution in [2.24, 2.45) is 0 Å². The van der Waals surface area contributed by atoms with Gasteiger partial charge in [0.05, 0.1) is 7.11 Å². The Morgan fingerprint density at radius 3 is 2.89 bits per heavy atom. The number of aromatic nitrogens is 1. The van der Waals surface area contributed by atoms with E-state index in [1.165, 1.54) is 4.88 Å². The minimum absolute atomic E-state index is 0. The van der Waals surface area contributed by atoms with E-state index in [1.807, 2.05) is 12.1 Å². The Morgan fingerprint density at radius 1 is 1.29 bits per heavy atom. The predicted molar refractivity (Wildman–Crippen MR) is 114 cm³/mol. The molecule has 0 radical (unpaired) electrons. The molecule has 0 atom stereocenters. The summed E-state index contributed by atoms with van der Waals surface area (Å²) in [5, 5.41) is 10.5. The number of aryl methyl sites for hydroxylation is 1. The summed E-state index contributed by atoms with van der Waals surface area (Å²) in [5.74, 6) is 1.44. The molecule has 3 aromatic rings. The number of ether oxygens (including phenoxy) is 2. The fourth-order valence-electron chi connectivity index (χ4n) is 3.39. The number of hydrogen-bond acceptors (Lipinski definition) is 6. The maximum atomic E-state index is 10.5. The maximum absolute atomic E-state index is 10.5. The molecule has 148 valence electrons. The number of nitrogens with zero attached hydrogens (tertiary/aromatic N) is 2. The van der Waals surface area contributed by atoms with Crippen LogP contribution in [-0.4, -0.2) is 35.3 Å². The number of aromatic hydroxyl groups is 1. The van der Waals surface area contributed by atoms with Gasteiger partial charge in [0.25, 0.3) is 0 Å². The molecule has 1 aromatic carbocycles. The Balaban J connectivity index is 0.00000225. The van der Waals surface area contributed by atoms with Crippen molar-refractivity contribution < 1.29 is 14.6 Å². The van der Waals surface area contributed by atoms with Gasteiger partial charge in [0.1, 0.15) is 6.61 Å². The molecule has 1 aliphatic rings. The molecule has 0 amide bonds. The first-order chi connectivity index (χ1) is 13.1. The summed E-state index contributed by atoms with van der Waals surface area (Å²) < 4.78 is 11.2. The van der Waals surface area contributed by atoms with Gasteiger partial charge in [0.15, 0.2) is 11.5 Å². The van der Waals surface area contributed by atoms with E-state index < -0.39 is 0 Å². The van der Waals surface area contributed by atoms with Crippen LogP contribution in [-0.2, 0) is 13.1 Å². The van der Waals surface area contributed by atoms with E-state index >= 15 is 0 Å². The molecule has 2 aromatic heterocycles. The zero-order valence-corrected chi connectivity index (χ0v) is 17.5. The van der Waals surface area contributed by atoms with Crippen LogP contribution in [0, 0.1) is 6.92 Å². The van der Waals surface area contributed by atoms with Crippen molar-refractivity contribution in [3.63, 3.8) is 0 Å². The van der Waals surface area contributed by atoms with Crippen LogP contribution in [0.5, 0.6) is 17.4 Å². The first-order valence-electron chi connectivity index (χ1n) is 8.90. The maximum Gasteiger partial charge on any atom is 0.217 e. The van der Waals surface area contributed by atoms with Gasteiger partial charge in [0.2, 0.25) is 5.88 Å². The van der Waals surface area contributed by atoms with Gasteiger partial charge < -0.3 is 14.6 Å². The summed E-state index contributed by atoms with van der Waals surface area (Å²) in [6, 6.07) is 12.1. The highest BCUT2D eigenvalue weighted by atomic mass is 35.5. The fraction of sp³-hybridized carbons (Fsp3) is 0.286. The van der Waals surface area contributed by atoms with E-state index in [0.29, 0.717) is 31.3 Å². The van der Waals surface area contributed by atoms with Crippen molar-refractivity contribution in [2.75, 3.05) is 20.3 Å². The second-order valence-electron chi connectivity index (χ2n) is 6.62. The van der Waals surface area contributed by atoms with Crippen LogP contribution >= 0.6 is 23.7 Å². The normalized spacial score (nSPS) is 13.8. The highest BCUT2D eigenvalue weighted by Crippen LogP contribution is 2.39. The van der Waals surface area contributed by atoms with E-state index in [2.05, 4.69) is 35.0 Å². The number of fused-ring (bicyclic) bond motifs is 1. The number of rotatable bonds is 4. The van der Waals surface area contributed by atoms with Crippen LogP contribution in [0.4, 0.5) is 0 Å². The number of phenolic OH excluding ortho intramolecular Hbond substituents is 1. The molecule has 0 fully saturated rings. The molecule has 0 spiro atoms. The third kappa shape index (κ3) is 4.24. The Hall–Kier alpha value is -2.28. The second-order valence-corrected chi connectivity index (χ2v) is 7.91. The average molecular weight is 419 g/mol. The SMILES string of the molecule is COc1ncccc1CN1CCOc2c(O)cc(-c3ccc(C)s3)cc2C1.Cl. The third-order valence-electron chi connectivity index (χ3n) is 4.66. The van der Waals surface area contributed by atoms with Gasteiger partial charge in [-0.15, -0.1) is 23.7 Å². The fourth-order valence-corrected chi connectivity index (χ4v) is 4.24. The number of thiophene rings is 1. The summed E-state index contributed by atoms with van der Waals surface area (Å²) >= 11 is 1.72. The lowest BCUT2D eigenvalue weighted by Crippen LogP contribution is -2.25. The zero-order chi connectivity index (χ0) is 18.8. The third-order valence-corrected chi connectivity index (χ3v) is 5.71. The number of phenols is 1. The number of methoxy groups -OCH3 is 1. The minimum Gasteiger partial charge on any atom is -0.504 e. The number of benzene rings is 1. The van der Waals surface area contributed by atoms with Gasteiger partial charge in [0, 0.05) is 46.7 Å². The van der Waals surface area contributed by atoms with Gasteiger partial charge in [-0.25, -0.2) is 4.98 Å². The van der Waals surface area contributed by atoms with Crippen LogP contribution in [0.25, 0.3) is 10.4 Å². The molecule has 0 aliphatic carbocycles. The van der Waals surface area contributed by atoms with Crippen LogP contribution in [0.1, 0.15) is 16.0 Å². The first kappa shape index (κ1) is 20.5. The molecule has 1 N–H and O–H groups in total. The van der Waals surface area contributed by atoms with Crippen LogP contribution in [0.2, 0.25) is 0 Å². The van der Waals surface area contributed by atoms with Crippen molar-refractivity contribution in [2.45, 2.75) is 20.0 Å². The molecular formula is C21H23ClN2O3S. The molecule has 0 saturated heterocycles. The van der Waals surface area contributed by atoms with Crippen LogP contribution < -0.4 is 9.47 Å². The van der Waals surface area contributed by atoms with Gasteiger partial charge in [-0.2, -0.15) is 0 Å². The Bertz CT molecular complexity index is 961. The Kier molecular flexibility index (Phi) is 6.44. The molecule has 1 aliphatic heterocycles. The molecule has 0 unspecified atom stereocenters.